The number of hydrogen-bond acceptors (Lipinski definition) is 2. The molecule has 0 aromatic heterocycles. The molecule has 22 heavy (non-hydrogen) atoms. The van der Waals surface area contributed by atoms with E-state index in [1.165, 1.54) is 12.5 Å². The van der Waals surface area contributed by atoms with E-state index in [1.807, 2.05) is 0 Å². The van der Waals surface area contributed by atoms with Crippen LogP contribution in [0.1, 0.15) is 52.4 Å². The van der Waals surface area contributed by atoms with Gasteiger partial charge in [0.15, 0.2) is 0 Å². The minimum atomic E-state index is -0.0929. The van der Waals surface area contributed by atoms with Gasteiger partial charge in [0.1, 0.15) is 5.83 Å². The normalized spacial score (nSPS) is 16.4. The fourth-order valence-electron chi connectivity index (χ4n) is 2.81. The molecule has 0 atom stereocenters. The maximum atomic E-state index is 14.1. The maximum Gasteiger partial charge on any atom is 0.123 e. The van der Waals surface area contributed by atoms with Gasteiger partial charge in [0.25, 0.3) is 0 Å². The van der Waals surface area contributed by atoms with E-state index < -0.39 is 0 Å². The van der Waals surface area contributed by atoms with Crippen LogP contribution in [0.15, 0.2) is 22.5 Å². The number of nitrogens with zero attached hydrogens (tertiary/aromatic N) is 2. The Morgan fingerprint density at radius 1 is 1.14 bits per heavy atom. The highest BCUT2D eigenvalue weighted by Crippen LogP contribution is 2.27. The van der Waals surface area contributed by atoms with E-state index in [2.05, 4.69) is 30.7 Å². The zero-order chi connectivity index (χ0) is 16.4. The van der Waals surface area contributed by atoms with Crippen molar-refractivity contribution in [3.05, 3.63) is 22.5 Å². The minimum absolute atomic E-state index is 0.0929. The Kier molecular flexibility index (Phi) is 10.0. The summed E-state index contributed by atoms with van der Waals surface area (Å²) < 4.78 is 14.1. The third-order valence-electron chi connectivity index (χ3n) is 4.34. The average molecular weight is 331 g/mol. The molecule has 0 N–H and O–H groups in total. The first-order valence-corrected chi connectivity index (χ1v) is 9.09. The van der Waals surface area contributed by atoms with Crippen LogP contribution in [0, 0.1) is 0 Å². The predicted octanol–water partition coefficient (Wildman–Crippen LogP) is 4.96. The highest BCUT2D eigenvalue weighted by molar-refractivity contribution is 6.29. The molecular weight excluding hydrogens is 299 g/mol. The molecule has 0 saturated carbocycles. The maximum absolute atomic E-state index is 14.1. The lowest BCUT2D eigenvalue weighted by Crippen LogP contribution is -2.30. The fourth-order valence-corrected chi connectivity index (χ4v) is 3.04. The molecule has 0 aliphatic heterocycles. The van der Waals surface area contributed by atoms with Crippen molar-refractivity contribution in [1.82, 2.24) is 9.80 Å². The van der Waals surface area contributed by atoms with Crippen molar-refractivity contribution in [2.45, 2.75) is 52.4 Å². The molecule has 0 radical (unpaired) electrons. The van der Waals surface area contributed by atoms with Gasteiger partial charge in [-0.1, -0.05) is 25.4 Å². The van der Waals surface area contributed by atoms with Gasteiger partial charge in [-0.25, -0.2) is 4.39 Å². The van der Waals surface area contributed by atoms with Gasteiger partial charge in [0.2, 0.25) is 0 Å². The van der Waals surface area contributed by atoms with E-state index in [0.29, 0.717) is 5.03 Å². The SMILES string of the molecule is CCCN(CCCN(C)CC)CCC1=C(F)C=C(Cl)CCC1. The molecule has 0 aromatic rings. The molecule has 1 rings (SSSR count). The molecule has 0 bridgehead atoms. The molecule has 0 spiro atoms. The topological polar surface area (TPSA) is 6.48 Å². The van der Waals surface area contributed by atoms with Crippen molar-refractivity contribution < 1.29 is 4.39 Å². The van der Waals surface area contributed by atoms with Crippen molar-refractivity contribution in [2.75, 3.05) is 39.8 Å². The highest BCUT2D eigenvalue weighted by atomic mass is 35.5. The lowest BCUT2D eigenvalue weighted by molar-refractivity contribution is 0.249. The van der Waals surface area contributed by atoms with Gasteiger partial charge in [0, 0.05) is 11.6 Å². The first-order chi connectivity index (χ1) is 10.6. The second-order valence-electron chi connectivity index (χ2n) is 6.24. The van der Waals surface area contributed by atoms with Crippen molar-refractivity contribution in [3.8, 4) is 0 Å². The van der Waals surface area contributed by atoms with Crippen molar-refractivity contribution >= 4 is 11.6 Å². The molecule has 2 nitrogen and oxygen atoms in total. The Morgan fingerprint density at radius 3 is 2.59 bits per heavy atom. The van der Waals surface area contributed by atoms with Gasteiger partial charge < -0.3 is 9.80 Å². The van der Waals surface area contributed by atoms with E-state index in [0.717, 1.165) is 70.4 Å². The van der Waals surface area contributed by atoms with Crippen molar-refractivity contribution in [2.24, 2.45) is 0 Å². The van der Waals surface area contributed by atoms with Crippen LogP contribution in [0.5, 0.6) is 0 Å². The number of allylic oxidation sites excluding steroid dienone is 3. The molecule has 0 saturated heterocycles. The van der Waals surface area contributed by atoms with E-state index in [-0.39, 0.29) is 5.83 Å². The molecule has 1 aliphatic rings. The first-order valence-electron chi connectivity index (χ1n) is 8.71. The Hall–Kier alpha value is -0.380. The summed E-state index contributed by atoms with van der Waals surface area (Å²) in [5.74, 6) is -0.0929. The average Bonchev–Trinajstić information content (AvgIpc) is 2.65. The molecule has 1 aliphatic carbocycles. The van der Waals surface area contributed by atoms with Gasteiger partial charge >= 0.3 is 0 Å². The predicted molar refractivity (Wildman–Crippen MR) is 95.1 cm³/mol. The smallest absolute Gasteiger partial charge is 0.123 e. The molecule has 0 aromatic carbocycles. The molecule has 0 heterocycles. The molecule has 0 unspecified atom stereocenters. The van der Waals surface area contributed by atoms with E-state index >= 15 is 0 Å². The van der Waals surface area contributed by atoms with Crippen LogP contribution in [0.2, 0.25) is 0 Å². The summed E-state index contributed by atoms with van der Waals surface area (Å²) in [4.78, 5) is 4.81. The molecule has 0 amide bonds. The van der Waals surface area contributed by atoms with Crippen molar-refractivity contribution in [3.63, 3.8) is 0 Å². The van der Waals surface area contributed by atoms with Crippen LogP contribution in [0.4, 0.5) is 4.39 Å². The minimum Gasteiger partial charge on any atom is -0.307 e. The first kappa shape index (κ1) is 19.7. The van der Waals surface area contributed by atoms with Gasteiger partial charge in [-0.15, -0.1) is 0 Å². The Morgan fingerprint density at radius 2 is 1.91 bits per heavy atom. The Labute approximate surface area is 141 Å². The van der Waals surface area contributed by atoms with Crippen molar-refractivity contribution in [1.29, 1.82) is 0 Å². The molecular formula is C18H32ClFN2. The molecule has 128 valence electrons. The van der Waals surface area contributed by atoms with Crippen LogP contribution >= 0.6 is 11.6 Å². The van der Waals surface area contributed by atoms with Crippen LogP contribution in [-0.2, 0) is 0 Å². The summed E-state index contributed by atoms with van der Waals surface area (Å²) >= 11 is 5.98. The third-order valence-corrected chi connectivity index (χ3v) is 4.64. The number of rotatable bonds is 10. The van der Waals surface area contributed by atoms with E-state index in [4.69, 9.17) is 11.6 Å². The Bertz CT molecular complexity index is 379. The summed E-state index contributed by atoms with van der Waals surface area (Å²) in [6, 6.07) is 0. The van der Waals surface area contributed by atoms with Gasteiger partial charge in [-0.05, 0) is 83.4 Å². The summed E-state index contributed by atoms with van der Waals surface area (Å²) in [6.07, 6.45) is 7.29. The summed E-state index contributed by atoms with van der Waals surface area (Å²) in [5.41, 5.74) is 0.947. The summed E-state index contributed by atoms with van der Waals surface area (Å²) in [7, 11) is 2.16. The molecule has 0 fully saturated rings. The van der Waals surface area contributed by atoms with Crippen LogP contribution in [-0.4, -0.2) is 49.6 Å². The van der Waals surface area contributed by atoms with Crippen LogP contribution in [0.25, 0.3) is 0 Å². The van der Waals surface area contributed by atoms with E-state index in [1.54, 1.807) is 0 Å². The van der Waals surface area contributed by atoms with Crippen LogP contribution < -0.4 is 0 Å². The number of hydrogen-bond donors (Lipinski definition) is 0. The summed E-state index contributed by atoms with van der Waals surface area (Å²) in [5, 5.41) is 0.653. The lowest BCUT2D eigenvalue weighted by atomic mass is 10.1. The second-order valence-corrected chi connectivity index (χ2v) is 6.72. The third kappa shape index (κ3) is 7.75. The van der Waals surface area contributed by atoms with E-state index in [9.17, 15) is 4.39 Å². The highest BCUT2D eigenvalue weighted by Gasteiger charge is 2.12. The number of halogens is 2. The second kappa shape index (κ2) is 11.2. The van der Waals surface area contributed by atoms with Gasteiger partial charge in [-0.2, -0.15) is 0 Å². The van der Waals surface area contributed by atoms with Gasteiger partial charge in [0.05, 0.1) is 0 Å². The Balaban J connectivity index is 2.44. The monoisotopic (exact) mass is 330 g/mol. The quantitative estimate of drug-likeness (QED) is 0.558. The molecule has 4 heteroatoms. The largest absolute Gasteiger partial charge is 0.307 e. The summed E-state index contributed by atoms with van der Waals surface area (Å²) in [6.45, 7) is 9.77. The standard InChI is InChI=1S/C18H32ClFN2/c1-4-11-22(13-7-12-21(3)5-2)14-10-16-8-6-9-17(19)15-18(16)20/h15H,4-14H2,1-3H3. The lowest BCUT2D eigenvalue weighted by Gasteiger charge is -2.23. The fraction of sp³-hybridized carbons (Fsp3) is 0.778. The zero-order valence-electron chi connectivity index (χ0n) is 14.5. The van der Waals surface area contributed by atoms with Gasteiger partial charge in [-0.3, -0.25) is 0 Å². The zero-order valence-corrected chi connectivity index (χ0v) is 15.3. The van der Waals surface area contributed by atoms with Crippen LogP contribution in [0.3, 0.4) is 0 Å².